The van der Waals surface area contributed by atoms with Gasteiger partial charge in [0.05, 0.1) is 11.2 Å². The molecule has 0 saturated heterocycles. The second-order valence-electron chi connectivity index (χ2n) is 4.46. The third-order valence-electron chi connectivity index (χ3n) is 3.35. The van der Waals surface area contributed by atoms with Crippen LogP contribution in [0.25, 0.3) is 22.2 Å². The highest BCUT2D eigenvalue weighted by Crippen LogP contribution is 2.29. The van der Waals surface area contributed by atoms with E-state index < -0.39 is 0 Å². The van der Waals surface area contributed by atoms with E-state index in [9.17, 15) is 4.39 Å². The summed E-state index contributed by atoms with van der Waals surface area (Å²) in [4.78, 5) is 7.76. The average Bonchev–Trinajstić information content (AvgIpc) is 2.67. The Kier molecular flexibility index (Phi) is 2.40. The van der Waals surface area contributed by atoms with Crippen LogP contribution in [0.5, 0.6) is 0 Å². The molecule has 0 aliphatic heterocycles. The standard InChI is InChI=1S/C15H13FN2/c1-9-10(2)18-15-13(9)7-8-17-14(15)11-3-5-12(16)6-4-11/h3-8,18H,1-2H3. The molecule has 18 heavy (non-hydrogen) atoms. The van der Waals surface area contributed by atoms with E-state index in [1.54, 1.807) is 18.3 Å². The lowest BCUT2D eigenvalue weighted by Gasteiger charge is -2.02. The molecule has 2 aromatic heterocycles. The summed E-state index contributed by atoms with van der Waals surface area (Å²) in [6.45, 7) is 4.13. The van der Waals surface area contributed by atoms with E-state index >= 15 is 0 Å². The van der Waals surface area contributed by atoms with E-state index in [2.05, 4.69) is 16.9 Å². The van der Waals surface area contributed by atoms with E-state index in [4.69, 9.17) is 0 Å². The van der Waals surface area contributed by atoms with Crippen molar-refractivity contribution in [3.8, 4) is 11.3 Å². The van der Waals surface area contributed by atoms with Gasteiger partial charge in [-0.05, 0) is 49.7 Å². The number of hydrogen-bond acceptors (Lipinski definition) is 1. The van der Waals surface area contributed by atoms with E-state index in [1.165, 1.54) is 23.1 Å². The van der Waals surface area contributed by atoms with Crippen LogP contribution in [0, 0.1) is 19.7 Å². The highest BCUT2D eigenvalue weighted by Gasteiger charge is 2.10. The van der Waals surface area contributed by atoms with Crippen LogP contribution in [0.3, 0.4) is 0 Å². The van der Waals surface area contributed by atoms with Crippen molar-refractivity contribution in [2.24, 2.45) is 0 Å². The van der Waals surface area contributed by atoms with E-state index in [1.807, 2.05) is 13.0 Å². The minimum Gasteiger partial charge on any atom is -0.357 e. The lowest BCUT2D eigenvalue weighted by molar-refractivity contribution is 0.628. The SMILES string of the molecule is Cc1[nH]c2c(-c3ccc(F)cc3)nccc2c1C. The summed E-state index contributed by atoms with van der Waals surface area (Å²) in [7, 11) is 0. The van der Waals surface area contributed by atoms with Crippen LogP contribution in [0.1, 0.15) is 11.3 Å². The lowest BCUT2D eigenvalue weighted by Crippen LogP contribution is -1.85. The molecule has 0 aliphatic carbocycles. The van der Waals surface area contributed by atoms with Gasteiger partial charge in [-0.1, -0.05) is 0 Å². The number of nitrogens with one attached hydrogen (secondary N) is 1. The van der Waals surface area contributed by atoms with Crippen LogP contribution in [0.2, 0.25) is 0 Å². The molecule has 90 valence electrons. The van der Waals surface area contributed by atoms with Crippen molar-refractivity contribution in [3.05, 3.63) is 53.6 Å². The Morgan fingerprint density at radius 3 is 2.50 bits per heavy atom. The number of hydrogen-bond donors (Lipinski definition) is 1. The number of H-pyrrole nitrogens is 1. The first-order chi connectivity index (χ1) is 8.66. The Morgan fingerprint density at radius 1 is 1.06 bits per heavy atom. The molecule has 3 heteroatoms. The number of fused-ring (bicyclic) bond motifs is 1. The highest BCUT2D eigenvalue weighted by atomic mass is 19.1. The van der Waals surface area contributed by atoms with Crippen molar-refractivity contribution < 1.29 is 4.39 Å². The van der Waals surface area contributed by atoms with Gasteiger partial charge in [0.15, 0.2) is 0 Å². The Bertz CT molecular complexity index is 711. The van der Waals surface area contributed by atoms with Gasteiger partial charge in [-0.15, -0.1) is 0 Å². The Morgan fingerprint density at radius 2 is 1.78 bits per heavy atom. The smallest absolute Gasteiger partial charge is 0.123 e. The van der Waals surface area contributed by atoms with Crippen LogP contribution in [-0.4, -0.2) is 9.97 Å². The molecule has 1 aromatic carbocycles. The Labute approximate surface area is 104 Å². The van der Waals surface area contributed by atoms with Gasteiger partial charge in [0, 0.05) is 22.8 Å². The van der Waals surface area contributed by atoms with Crippen molar-refractivity contribution in [1.82, 2.24) is 9.97 Å². The third-order valence-corrected chi connectivity index (χ3v) is 3.35. The third kappa shape index (κ3) is 1.59. The van der Waals surface area contributed by atoms with Crippen LogP contribution < -0.4 is 0 Å². The maximum Gasteiger partial charge on any atom is 0.123 e. The number of aryl methyl sites for hydroxylation is 2. The van der Waals surface area contributed by atoms with E-state index in [-0.39, 0.29) is 5.82 Å². The molecule has 1 N–H and O–H groups in total. The Balaban J connectivity index is 2.29. The molecule has 3 aromatic rings. The first-order valence-corrected chi connectivity index (χ1v) is 5.86. The molecular formula is C15H13FN2. The van der Waals surface area contributed by atoms with Crippen LogP contribution in [-0.2, 0) is 0 Å². The molecule has 0 fully saturated rings. The van der Waals surface area contributed by atoms with Gasteiger partial charge in [0.25, 0.3) is 0 Å². The number of nitrogens with zero attached hydrogens (tertiary/aromatic N) is 1. The van der Waals surface area contributed by atoms with E-state index in [0.29, 0.717) is 0 Å². The lowest BCUT2D eigenvalue weighted by atomic mass is 10.1. The topological polar surface area (TPSA) is 28.7 Å². The molecular weight excluding hydrogens is 227 g/mol. The van der Waals surface area contributed by atoms with Crippen molar-refractivity contribution in [2.45, 2.75) is 13.8 Å². The first-order valence-electron chi connectivity index (χ1n) is 5.86. The maximum atomic E-state index is 13.0. The molecule has 3 rings (SSSR count). The molecule has 0 saturated carbocycles. The van der Waals surface area contributed by atoms with Crippen LogP contribution in [0.4, 0.5) is 4.39 Å². The zero-order valence-electron chi connectivity index (χ0n) is 10.3. The summed E-state index contributed by atoms with van der Waals surface area (Å²) >= 11 is 0. The fraction of sp³-hybridized carbons (Fsp3) is 0.133. The fourth-order valence-electron chi connectivity index (χ4n) is 2.21. The number of benzene rings is 1. The monoisotopic (exact) mass is 240 g/mol. The largest absolute Gasteiger partial charge is 0.357 e. The molecule has 0 radical (unpaired) electrons. The van der Waals surface area contributed by atoms with Crippen molar-refractivity contribution >= 4 is 10.9 Å². The zero-order valence-corrected chi connectivity index (χ0v) is 10.3. The van der Waals surface area contributed by atoms with Crippen molar-refractivity contribution in [3.63, 3.8) is 0 Å². The van der Waals surface area contributed by atoms with Gasteiger partial charge >= 0.3 is 0 Å². The summed E-state index contributed by atoms with van der Waals surface area (Å²) in [6, 6.07) is 8.42. The van der Waals surface area contributed by atoms with Gasteiger partial charge in [0.2, 0.25) is 0 Å². The van der Waals surface area contributed by atoms with Crippen LogP contribution >= 0.6 is 0 Å². The summed E-state index contributed by atoms with van der Waals surface area (Å²) in [5.74, 6) is -0.232. The number of pyridine rings is 1. The number of rotatable bonds is 1. The molecule has 0 unspecified atom stereocenters. The quantitative estimate of drug-likeness (QED) is 0.684. The summed E-state index contributed by atoms with van der Waals surface area (Å²) in [5, 5.41) is 1.17. The summed E-state index contributed by atoms with van der Waals surface area (Å²) < 4.78 is 13.0. The fourth-order valence-corrected chi connectivity index (χ4v) is 2.21. The normalized spacial score (nSPS) is 11.1. The summed E-state index contributed by atoms with van der Waals surface area (Å²) in [6.07, 6.45) is 1.79. The molecule has 0 aliphatic rings. The minimum absolute atomic E-state index is 0.232. The van der Waals surface area contributed by atoms with Crippen LogP contribution in [0.15, 0.2) is 36.5 Å². The maximum absolute atomic E-state index is 13.0. The van der Waals surface area contributed by atoms with Gasteiger partial charge in [-0.3, -0.25) is 4.98 Å². The number of halogens is 1. The molecule has 2 nitrogen and oxygen atoms in total. The molecule has 0 atom stereocenters. The van der Waals surface area contributed by atoms with Gasteiger partial charge in [0.1, 0.15) is 5.82 Å². The average molecular weight is 240 g/mol. The minimum atomic E-state index is -0.232. The number of aromatic nitrogens is 2. The molecule has 2 heterocycles. The second kappa shape index (κ2) is 3.95. The predicted octanol–water partition coefficient (Wildman–Crippen LogP) is 3.99. The van der Waals surface area contributed by atoms with Gasteiger partial charge in [-0.25, -0.2) is 4.39 Å². The van der Waals surface area contributed by atoms with Crippen molar-refractivity contribution in [2.75, 3.05) is 0 Å². The molecule has 0 amide bonds. The predicted molar refractivity (Wildman–Crippen MR) is 71.0 cm³/mol. The highest BCUT2D eigenvalue weighted by molar-refractivity contribution is 5.94. The van der Waals surface area contributed by atoms with Gasteiger partial charge in [-0.2, -0.15) is 0 Å². The number of aromatic amines is 1. The van der Waals surface area contributed by atoms with E-state index in [0.717, 1.165) is 22.5 Å². The Hall–Kier alpha value is -2.16. The van der Waals surface area contributed by atoms with Gasteiger partial charge < -0.3 is 4.98 Å². The molecule has 0 spiro atoms. The molecule has 0 bridgehead atoms. The zero-order chi connectivity index (χ0) is 12.7. The first kappa shape index (κ1) is 11.0. The summed E-state index contributed by atoms with van der Waals surface area (Å²) in [5.41, 5.74) is 5.17. The second-order valence-corrected chi connectivity index (χ2v) is 4.46. The van der Waals surface area contributed by atoms with Crippen molar-refractivity contribution in [1.29, 1.82) is 0 Å².